The fourth-order valence-corrected chi connectivity index (χ4v) is 3.62. The molecule has 0 saturated carbocycles. The molecule has 1 fully saturated rings. The molecule has 0 spiro atoms. The topological polar surface area (TPSA) is 63.7 Å². The average Bonchev–Trinajstić information content (AvgIpc) is 2.73. The number of fused-ring (bicyclic) bond motifs is 1. The van der Waals surface area contributed by atoms with E-state index in [4.69, 9.17) is 9.47 Å². The van der Waals surface area contributed by atoms with Gasteiger partial charge in [0.15, 0.2) is 11.5 Å². The molecular formula is C20H20F3N3O3. The van der Waals surface area contributed by atoms with Gasteiger partial charge in [-0.3, -0.25) is 4.79 Å². The predicted octanol–water partition coefficient (Wildman–Crippen LogP) is 3.73. The minimum Gasteiger partial charge on any atom is -0.486 e. The molecule has 1 aromatic carbocycles. The van der Waals surface area contributed by atoms with Crippen LogP contribution in [0.2, 0.25) is 0 Å². The molecule has 3 heterocycles. The molecule has 2 aliphatic rings. The molecule has 0 bridgehead atoms. The zero-order valence-corrected chi connectivity index (χ0v) is 15.5. The van der Waals surface area contributed by atoms with Crippen LogP contribution in [0.4, 0.5) is 24.7 Å². The third-order valence-corrected chi connectivity index (χ3v) is 4.99. The van der Waals surface area contributed by atoms with E-state index in [0.717, 1.165) is 6.07 Å². The number of hydrogen-bond donors (Lipinski definition) is 1. The first-order valence-corrected chi connectivity index (χ1v) is 9.39. The van der Waals surface area contributed by atoms with Crippen LogP contribution in [-0.2, 0) is 11.0 Å². The van der Waals surface area contributed by atoms with Gasteiger partial charge in [0.25, 0.3) is 0 Å². The lowest BCUT2D eigenvalue weighted by Gasteiger charge is -2.34. The largest absolute Gasteiger partial charge is 0.486 e. The molecule has 1 atom stereocenters. The molecule has 2 aliphatic heterocycles. The van der Waals surface area contributed by atoms with Crippen LogP contribution in [0.25, 0.3) is 0 Å². The van der Waals surface area contributed by atoms with Crippen LogP contribution in [0, 0.1) is 5.92 Å². The van der Waals surface area contributed by atoms with Crippen molar-refractivity contribution in [1.82, 2.24) is 4.98 Å². The van der Waals surface area contributed by atoms with E-state index in [2.05, 4.69) is 10.3 Å². The number of piperidine rings is 1. The van der Waals surface area contributed by atoms with E-state index in [1.54, 1.807) is 23.1 Å². The van der Waals surface area contributed by atoms with Crippen molar-refractivity contribution in [2.45, 2.75) is 19.0 Å². The number of alkyl halides is 3. The summed E-state index contributed by atoms with van der Waals surface area (Å²) >= 11 is 0. The normalized spacial score (nSPS) is 19.0. The second-order valence-electron chi connectivity index (χ2n) is 7.01. The maximum Gasteiger partial charge on any atom is 0.419 e. The SMILES string of the molecule is O=C(Nc1ccc2c(c1)OCCO2)[C@H]1CCCN(c2ncccc2C(F)(F)F)C1. The van der Waals surface area contributed by atoms with Crippen molar-refractivity contribution in [2.75, 3.05) is 36.5 Å². The fourth-order valence-electron chi connectivity index (χ4n) is 3.62. The summed E-state index contributed by atoms with van der Waals surface area (Å²) in [5.74, 6) is 0.364. The zero-order valence-electron chi connectivity index (χ0n) is 15.5. The number of benzene rings is 1. The summed E-state index contributed by atoms with van der Waals surface area (Å²) in [5, 5.41) is 2.83. The van der Waals surface area contributed by atoms with Crippen LogP contribution < -0.4 is 19.7 Å². The lowest BCUT2D eigenvalue weighted by Crippen LogP contribution is -2.42. The van der Waals surface area contributed by atoms with Gasteiger partial charge in [-0.1, -0.05) is 0 Å². The maximum atomic E-state index is 13.3. The molecule has 0 aliphatic carbocycles. The molecule has 154 valence electrons. The van der Waals surface area contributed by atoms with Crippen molar-refractivity contribution in [3.05, 3.63) is 42.1 Å². The molecule has 0 radical (unpaired) electrons. The van der Waals surface area contributed by atoms with Crippen molar-refractivity contribution in [1.29, 1.82) is 0 Å². The minimum absolute atomic E-state index is 0.128. The van der Waals surface area contributed by atoms with E-state index in [1.807, 2.05) is 0 Å². The van der Waals surface area contributed by atoms with E-state index >= 15 is 0 Å². The number of hydrogen-bond acceptors (Lipinski definition) is 5. The Morgan fingerprint density at radius 3 is 2.76 bits per heavy atom. The van der Waals surface area contributed by atoms with Crippen molar-refractivity contribution in [3.8, 4) is 11.5 Å². The first-order chi connectivity index (χ1) is 13.9. The second kappa shape index (κ2) is 7.81. The standard InChI is InChI=1S/C20H20F3N3O3/c21-20(22,23)15-4-1-7-24-18(15)26-8-2-3-13(12-26)19(27)25-14-5-6-16-17(11-14)29-10-9-28-16/h1,4-7,11,13H,2-3,8-10,12H2,(H,25,27)/t13-/m0/s1. The maximum absolute atomic E-state index is 13.3. The summed E-state index contributed by atoms with van der Waals surface area (Å²) in [5.41, 5.74) is -0.224. The summed E-state index contributed by atoms with van der Waals surface area (Å²) in [6.07, 6.45) is -1.96. The Bertz CT molecular complexity index is 904. The highest BCUT2D eigenvalue weighted by Crippen LogP contribution is 2.37. The average molecular weight is 407 g/mol. The van der Waals surface area contributed by atoms with E-state index < -0.39 is 17.7 Å². The number of rotatable bonds is 3. The highest BCUT2D eigenvalue weighted by Gasteiger charge is 2.37. The van der Waals surface area contributed by atoms with Gasteiger partial charge in [0, 0.05) is 31.0 Å². The first kappa shape index (κ1) is 19.4. The van der Waals surface area contributed by atoms with Crippen molar-refractivity contribution >= 4 is 17.4 Å². The van der Waals surface area contributed by atoms with Crippen molar-refractivity contribution in [3.63, 3.8) is 0 Å². The molecule has 1 N–H and O–H groups in total. The van der Waals surface area contributed by atoms with Gasteiger partial charge in [-0.25, -0.2) is 4.98 Å². The second-order valence-corrected chi connectivity index (χ2v) is 7.01. The third-order valence-electron chi connectivity index (χ3n) is 4.99. The zero-order chi connectivity index (χ0) is 20.4. The minimum atomic E-state index is -4.50. The number of amides is 1. The van der Waals surface area contributed by atoms with Gasteiger partial charge >= 0.3 is 6.18 Å². The Hall–Kier alpha value is -2.97. The number of pyridine rings is 1. The van der Waals surface area contributed by atoms with Gasteiger partial charge in [-0.05, 0) is 37.1 Å². The third kappa shape index (κ3) is 4.23. The molecular weight excluding hydrogens is 387 g/mol. The molecule has 2 aromatic rings. The summed E-state index contributed by atoms with van der Waals surface area (Å²) in [7, 11) is 0. The molecule has 1 saturated heterocycles. The van der Waals surface area contributed by atoms with Crippen LogP contribution in [0.3, 0.4) is 0 Å². The molecule has 29 heavy (non-hydrogen) atoms. The van der Waals surface area contributed by atoms with Gasteiger partial charge in [-0.2, -0.15) is 13.2 Å². The van der Waals surface area contributed by atoms with E-state index in [0.29, 0.717) is 49.8 Å². The molecule has 6 nitrogen and oxygen atoms in total. The van der Waals surface area contributed by atoms with Gasteiger partial charge in [0.1, 0.15) is 19.0 Å². The Morgan fingerprint density at radius 2 is 1.97 bits per heavy atom. The Morgan fingerprint density at radius 1 is 1.17 bits per heavy atom. The quantitative estimate of drug-likeness (QED) is 0.840. The molecule has 0 unspecified atom stereocenters. The Kier molecular flexibility index (Phi) is 5.21. The monoisotopic (exact) mass is 407 g/mol. The van der Waals surface area contributed by atoms with Crippen molar-refractivity contribution in [2.24, 2.45) is 5.92 Å². The number of carbonyl (C=O) groups excluding carboxylic acids is 1. The van der Waals surface area contributed by atoms with Gasteiger partial charge in [0.2, 0.25) is 5.91 Å². The number of aromatic nitrogens is 1. The van der Waals surface area contributed by atoms with Crippen molar-refractivity contribution < 1.29 is 27.4 Å². The summed E-state index contributed by atoms with van der Waals surface area (Å²) in [6.45, 7) is 1.52. The highest BCUT2D eigenvalue weighted by atomic mass is 19.4. The number of anilines is 2. The Balaban J connectivity index is 1.47. The lowest BCUT2D eigenvalue weighted by atomic mass is 9.96. The van der Waals surface area contributed by atoms with Crippen LogP contribution in [0.5, 0.6) is 11.5 Å². The van der Waals surface area contributed by atoms with Crippen LogP contribution in [-0.4, -0.2) is 37.2 Å². The van der Waals surface area contributed by atoms with E-state index in [1.165, 1.54) is 12.3 Å². The summed E-state index contributed by atoms with van der Waals surface area (Å²) in [4.78, 5) is 18.2. The number of nitrogens with one attached hydrogen (secondary N) is 1. The van der Waals surface area contributed by atoms with Crippen LogP contribution in [0.15, 0.2) is 36.5 Å². The van der Waals surface area contributed by atoms with E-state index in [9.17, 15) is 18.0 Å². The smallest absolute Gasteiger partial charge is 0.419 e. The predicted molar refractivity (Wildman–Crippen MR) is 100 cm³/mol. The number of carbonyl (C=O) groups is 1. The lowest BCUT2D eigenvalue weighted by molar-refractivity contribution is -0.137. The number of ether oxygens (including phenoxy) is 2. The van der Waals surface area contributed by atoms with Gasteiger partial charge in [-0.15, -0.1) is 0 Å². The molecule has 1 aromatic heterocycles. The van der Waals surface area contributed by atoms with Crippen LogP contribution in [0.1, 0.15) is 18.4 Å². The molecule has 9 heteroatoms. The van der Waals surface area contributed by atoms with E-state index in [-0.39, 0.29) is 18.3 Å². The fraction of sp³-hybridized carbons (Fsp3) is 0.400. The number of halogens is 3. The molecule has 1 amide bonds. The van der Waals surface area contributed by atoms with Crippen LogP contribution >= 0.6 is 0 Å². The number of nitrogens with zero attached hydrogens (tertiary/aromatic N) is 2. The Labute approximate surface area is 165 Å². The summed E-state index contributed by atoms with van der Waals surface area (Å²) in [6, 6.07) is 7.41. The van der Waals surface area contributed by atoms with Gasteiger partial charge in [0.05, 0.1) is 11.5 Å². The van der Waals surface area contributed by atoms with Gasteiger partial charge < -0.3 is 19.7 Å². The highest BCUT2D eigenvalue weighted by molar-refractivity contribution is 5.93. The first-order valence-electron chi connectivity index (χ1n) is 9.39. The molecule has 4 rings (SSSR count). The summed E-state index contributed by atoms with van der Waals surface area (Å²) < 4.78 is 50.9.